The molecule has 0 saturated heterocycles. The van der Waals surface area contributed by atoms with Gasteiger partial charge in [-0.05, 0) is 100 Å². The zero-order valence-corrected chi connectivity index (χ0v) is 27.5. The van der Waals surface area contributed by atoms with Gasteiger partial charge in [-0.3, -0.25) is 0 Å². The predicted molar refractivity (Wildman–Crippen MR) is 212 cm³/mol. The molecule has 0 spiro atoms. The van der Waals surface area contributed by atoms with Gasteiger partial charge in [-0.2, -0.15) is 0 Å². The molecule has 51 heavy (non-hydrogen) atoms. The second-order valence-corrected chi connectivity index (χ2v) is 13.3. The third-order valence-corrected chi connectivity index (χ3v) is 10.4. The van der Waals surface area contributed by atoms with E-state index >= 15 is 0 Å². The number of hydrogen-bond acceptors (Lipinski definition) is 2. The van der Waals surface area contributed by atoms with Gasteiger partial charge in [0, 0.05) is 44.1 Å². The van der Waals surface area contributed by atoms with E-state index in [1.165, 1.54) is 49.6 Å². The Hall–Kier alpha value is -6.84. The summed E-state index contributed by atoms with van der Waals surface area (Å²) in [6.45, 7) is 0. The molecule has 0 radical (unpaired) electrons. The smallest absolute Gasteiger partial charge is 0.139 e. The summed E-state index contributed by atoms with van der Waals surface area (Å²) >= 11 is 0. The summed E-state index contributed by atoms with van der Waals surface area (Å²) in [5.74, 6) is 0. The number of hydrogen-bond donors (Lipinski definition) is 0. The van der Waals surface area contributed by atoms with E-state index in [0.29, 0.717) is 0 Å². The van der Waals surface area contributed by atoms with Gasteiger partial charge >= 0.3 is 0 Å². The van der Waals surface area contributed by atoms with Crippen molar-refractivity contribution in [2.75, 3.05) is 0 Å². The first-order chi connectivity index (χ1) is 25.2. The van der Waals surface area contributed by atoms with Crippen molar-refractivity contribution in [3.63, 3.8) is 0 Å². The van der Waals surface area contributed by atoms with E-state index in [2.05, 4.69) is 168 Å². The molecule has 0 amide bonds. The molecule has 0 aliphatic carbocycles. The van der Waals surface area contributed by atoms with Crippen LogP contribution in [0.1, 0.15) is 0 Å². The highest BCUT2D eigenvalue weighted by molar-refractivity contribution is 6.16. The summed E-state index contributed by atoms with van der Waals surface area (Å²) < 4.78 is 15.1. The fourth-order valence-electron chi connectivity index (χ4n) is 7.90. The SMILES string of the molecule is c1ccc(-c2ccc3oc4cc5oc6ccc(-c7ccc8c(c7)c7cc(-c9ccccc9)ccc7n8-c7ccccc7)cc6c5cc4c3c2)cc1. The van der Waals surface area contributed by atoms with Crippen LogP contribution in [0.3, 0.4) is 0 Å². The summed E-state index contributed by atoms with van der Waals surface area (Å²) in [4.78, 5) is 0. The standard InChI is InChI=1S/C48H29NO2/c1-4-10-30(11-5-1)32-16-20-43-37(24-32)38-25-34(17-21-44(38)49(43)36-14-8-3-9-15-36)35-19-23-46-40(27-35)42-28-41-39-26-33(31-12-6-2-7-13-31)18-22-45(39)50-47(41)29-48(42)51-46/h1-29H. The lowest BCUT2D eigenvalue weighted by atomic mass is 9.99. The molecule has 0 bridgehead atoms. The Bertz CT molecular complexity index is 3110. The number of furan rings is 2. The molecule has 0 atom stereocenters. The monoisotopic (exact) mass is 651 g/mol. The minimum atomic E-state index is 0.826. The zero-order valence-electron chi connectivity index (χ0n) is 27.5. The van der Waals surface area contributed by atoms with Gasteiger partial charge in [0.2, 0.25) is 0 Å². The highest BCUT2D eigenvalue weighted by Crippen LogP contribution is 2.41. The van der Waals surface area contributed by atoms with Crippen LogP contribution in [0.25, 0.3) is 105 Å². The minimum absolute atomic E-state index is 0.826. The first-order valence-electron chi connectivity index (χ1n) is 17.3. The molecule has 3 heteroatoms. The van der Waals surface area contributed by atoms with E-state index in [-0.39, 0.29) is 0 Å². The van der Waals surface area contributed by atoms with Crippen LogP contribution >= 0.6 is 0 Å². The normalized spacial score (nSPS) is 11.9. The van der Waals surface area contributed by atoms with Crippen LogP contribution in [0.4, 0.5) is 0 Å². The van der Waals surface area contributed by atoms with Gasteiger partial charge in [-0.1, -0.05) is 103 Å². The van der Waals surface area contributed by atoms with Crippen molar-refractivity contribution < 1.29 is 8.83 Å². The van der Waals surface area contributed by atoms with Crippen LogP contribution in [0, 0.1) is 0 Å². The highest BCUT2D eigenvalue weighted by atomic mass is 16.3. The molecule has 0 fully saturated rings. The van der Waals surface area contributed by atoms with Crippen molar-refractivity contribution in [2.24, 2.45) is 0 Å². The van der Waals surface area contributed by atoms with Crippen molar-refractivity contribution >= 4 is 65.7 Å². The maximum absolute atomic E-state index is 6.41. The Labute approximate surface area is 293 Å². The summed E-state index contributed by atoms with van der Waals surface area (Å²) in [6, 6.07) is 62.7. The van der Waals surface area contributed by atoms with Gasteiger partial charge in [-0.25, -0.2) is 0 Å². The lowest BCUT2D eigenvalue weighted by Crippen LogP contribution is -1.93. The molecule has 238 valence electrons. The summed E-state index contributed by atoms with van der Waals surface area (Å²) in [5, 5.41) is 6.83. The molecule has 11 rings (SSSR count). The molecule has 3 heterocycles. The Balaban J connectivity index is 1.09. The van der Waals surface area contributed by atoms with Gasteiger partial charge < -0.3 is 13.4 Å². The van der Waals surface area contributed by atoms with Gasteiger partial charge in [0.1, 0.15) is 22.3 Å². The van der Waals surface area contributed by atoms with Crippen LogP contribution in [0.15, 0.2) is 185 Å². The van der Waals surface area contributed by atoms with Crippen molar-refractivity contribution in [3.8, 4) is 39.1 Å². The lowest BCUT2D eigenvalue weighted by Gasteiger charge is -2.08. The van der Waals surface area contributed by atoms with E-state index in [9.17, 15) is 0 Å². The molecule has 0 N–H and O–H groups in total. The quantitative estimate of drug-likeness (QED) is 0.190. The predicted octanol–water partition coefficient (Wildman–Crippen LogP) is 13.6. The van der Waals surface area contributed by atoms with Gasteiger partial charge in [0.25, 0.3) is 0 Å². The van der Waals surface area contributed by atoms with Gasteiger partial charge in [0.15, 0.2) is 0 Å². The Morgan fingerprint density at radius 3 is 1.16 bits per heavy atom. The van der Waals surface area contributed by atoms with Crippen LogP contribution in [-0.2, 0) is 0 Å². The van der Waals surface area contributed by atoms with E-state index in [4.69, 9.17) is 8.83 Å². The Morgan fingerprint density at radius 2 is 0.667 bits per heavy atom. The Kier molecular flexibility index (Phi) is 5.96. The average molecular weight is 652 g/mol. The molecule has 0 aliphatic heterocycles. The summed E-state index contributed by atoms with van der Waals surface area (Å²) in [7, 11) is 0. The number of aromatic nitrogens is 1. The summed E-state index contributed by atoms with van der Waals surface area (Å²) in [6.07, 6.45) is 0. The van der Waals surface area contributed by atoms with Gasteiger partial charge in [-0.15, -0.1) is 0 Å². The van der Waals surface area contributed by atoms with Gasteiger partial charge in [0.05, 0.1) is 11.0 Å². The molecule has 0 unspecified atom stereocenters. The second-order valence-electron chi connectivity index (χ2n) is 13.3. The van der Waals surface area contributed by atoms with Crippen LogP contribution < -0.4 is 0 Å². The van der Waals surface area contributed by atoms with Crippen molar-refractivity contribution in [2.45, 2.75) is 0 Å². The summed E-state index contributed by atoms with van der Waals surface area (Å²) in [5.41, 5.74) is 14.0. The largest absolute Gasteiger partial charge is 0.456 e. The molecule has 8 aromatic carbocycles. The Morgan fingerprint density at radius 1 is 0.275 bits per heavy atom. The molecule has 3 aromatic heterocycles. The molecular formula is C48H29NO2. The highest BCUT2D eigenvalue weighted by Gasteiger charge is 2.17. The number of fused-ring (bicyclic) bond motifs is 9. The molecule has 3 nitrogen and oxygen atoms in total. The number of nitrogens with zero attached hydrogens (tertiary/aromatic N) is 1. The maximum atomic E-state index is 6.41. The third kappa shape index (κ3) is 4.38. The van der Waals surface area contributed by atoms with Crippen molar-refractivity contribution in [1.29, 1.82) is 0 Å². The number of benzene rings is 8. The molecule has 11 aromatic rings. The van der Waals surface area contributed by atoms with E-state index in [1.54, 1.807) is 0 Å². The minimum Gasteiger partial charge on any atom is -0.456 e. The fraction of sp³-hybridized carbons (Fsp3) is 0. The van der Waals surface area contributed by atoms with Crippen molar-refractivity contribution in [3.05, 3.63) is 176 Å². The third-order valence-electron chi connectivity index (χ3n) is 10.4. The van der Waals surface area contributed by atoms with Crippen LogP contribution in [0.2, 0.25) is 0 Å². The van der Waals surface area contributed by atoms with E-state index < -0.39 is 0 Å². The molecular weight excluding hydrogens is 623 g/mol. The number of para-hydroxylation sites is 1. The van der Waals surface area contributed by atoms with E-state index in [1.807, 2.05) is 12.1 Å². The second kappa shape index (κ2) is 10.8. The zero-order chi connectivity index (χ0) is 33.5. The topological polar surface area (TPSA) is 31.2 Å². The van der Waals surface area contributed by atoms with Crippen LogP contribution in [-0.4, -0.2) is 4.57 Å². The van der Waals surface area contributed by atoms with E-state index in [0.717, 1.165) is 55.1 Å². The average Bonchev–Trinajstić information content (AvgIpc) is 3.85. The first kappa shape index (κ1) is 28.0. The molecule has 0 aliphatic rings. The number of rotatable bonds is 4. The maximum Gasteiger partial charge on any atom is 0.139 e. The van der Waals surface area contributed by atoms with Crippen LogP contribution in [0.5, 0.6) is 0 Å². The molecule has 0 saturated carbocycles. The van der Waals surface area contributed by atoms with Crippen molar-refractivity contribution in [1.82, 2.24) is 4.57 Å². The first-order valence-corrected chi connectivity index (χ1v) is 17.3. The lowest BCUT2D eigenvalue weighted by molar-refractivity contribution is 0.656. The fourth-order valence-corrected chi connectivity index (χ4v) is 7.90.